The molecule has 0 aliphatic rings. The number of carbonyl (C=O) groups excluding carboxylic acids is 2. The van der Waals surface area contributed by atoms with E-state index in [-0.39, 0.29) is 6.61 Å². The van der Waals surface area contributed by atoms with Crippen LogP contribution in [0.2, 0.25) is 0 Å². The van der Waals surface area contributed by atoms with Gasteiger partial charge in [0.25, 0.3) is 0 Å². The van der Waals surface area contributed by atoms with Gasteiger partial charge in [0.15, 0.2) is 12.7 Å². The van der Waals surface area contributed by atoms with Crippen LogP contribution in [0.5, 0.6) is 0 Å². The highest BCUT2D eigenvalue weighted by Gasteiger charge is 2.17. The van der Waals surface area contributed by atoms with Crippen LogP contribution in [0.15, 0.2) is 0 Å². The van der Waals surface area contributed by atoms with Gasteiger partial charge in [-0.25, -0.2) is 4.79 Å². The molecular formula is C9H11O4. The van der Waals surface area contributed by atoms with Gasteiger partial charge in [-0.05, 0) is 6.92 Å². The van der Waals surface area contributed by atoms with Gasteiger partial charge in [0.2, 0.25) is 0 Å². The van der Waals surface area contributed by atoms with Crippen LogP contribution < -0.4 is 0 Å². The van der Waals surface area contributed by atoms with Gasteiger partial charge >= 0.3 is 11.9 Å². The van der Waals surface area contributed by atoms with Crippen LogP contribution in [-0.2, 0) is 19.1 Å². The first-order valence-corrected chi connectivity index (χ1v) is 3.72. The molecule has 0 aromatic carbocycles. The van der Waals surface area contributed by atoms with Gasteiger partial charge in [0.05, 0.1) is 6.42 Å². The molecule has 0 saturated heterocycles. The molecule has 0 aliphatic carbocycles. The first kappa shape index (κ1) is 11.5. The molecule has 0 heterocycles. The van der Waals surface area contributed by atoms with Crippen molar-refractivity contribution in [2.24, 2.45) is 0 Å². The Morgan fingerprint density at radius 2 is 2.23 bits per heavy atom. The van der Waals surface area contributed by atoms with E-state index < -0.39 is 18.0 Å². The van der Waals surface area contributed by atoms with Crippen LogP contribution in [0.25, 0.3) is 0 Å². The standard InChI is InChI=1S/C9H11O4/c1-4-6-12-9(11)7(3)13-8(10)5-2/h1,5,7H,6H2,2-3H3. The van der Waals surface area contributed by atoms with Crippen molar-refractivity contribution in [1.29, 1.82) is 0 Å². The monoisotopic (exact) mass is 183 g/mol. The van der Waals surface area contributed by atoms with Crippen LogP contribution in [0.4, 0.5) is 0 Å². The molecule has 0 amide bonds. The third-order valence-electron chi connectivity index (χ3n) is 1.16. The largest absolute Gasteiger partial charge is 0.450 e. The quantitative estimate of drug-likeness (QED) is 0.465. The molecule has 0 aromatic rings. The molecule has 0 fully saturated rings. The maximum atomic E-state index is 10.9. The van der Waals surface area contributed by atoms with E-state index >= 15 is 0 Å². The minimum Gasteiger partial charge on any atom is -0.450 e. The van der Waals surface area contributed by atoms with E-state index in [1.54, 1.807) is 0 Å². The Morgan fingerprint density at radius 3 is 2.69 bits per heavy atom. The average Bonchev–Trinajstić information content (AvgIpc) is 2.13. The SMILES string of the molecule is C#CCOC(=O)C(C)OC(=O)[CH]C. The van der Waals surface area contributed by atoms with Gasteiger partial charge in [-0.15, -0.1) is 6.42 Å². The van der Waals surface area contributed by atoms with Gasteiger partial charge in [0, 0.05) is 0 Å². The van der Waals surface area contributed by atoms with E-state index in [1.807, 2.05) is 0 Å². The summed E-state index contributed by atoms with van der Waals surface area (Å²) >= 11 is 0. The normalized spacial score (nSPS) is 11.2. The average molecular weight is 183 g/mol. The molecule has 13 heavy (non-hydrogen) atoms. The summed E-state index contributed by atoms with van der Waals surface area (Å²) in [6.45, 7) is 2.82. The lowest BCUT2D eigenvalue weighted by Crippen LogP contribution is -2.26. The van der Waals surface area contributed by atoms with Gasteiger partial charge in [-0.3, -0.25) is 4.79 Å². The zero-order valence-corrected chi connectivity index (χ0v) is 7.57. The third-order valence-corrected chi connectivity index (χ3v) is 1.16. The molecule has 71 valence electrons. The van der Waals surface area contributed by atoms with E-state index in [0.29, 0.717) is 0 Å². The number of carbonyl (C=O) groups is 2. The molecule has 0 bridgehead atoms. The fraction of sp³-hybridized carbons (Fsp3) is 0.444. The predicted molar refractivity (Wildman–Crippen MR) is 45.3 cm³/mol. The number of hydrogen-bond acceptors (Lipinski definition) is 4. The zero-order chi connectivity index (χ0) is 10.3. The van der Waals surface area contributed by atoms with E-state index in [0.717, 1.165) is 0 Å². The second-order valence-electron chi connectivity index (χ2n) is 2.18. The Morgan fingerprint density at radius 1 is 1.62 bits per heavy atom. The number of terminal acetylenes is 1. The highest BCUT2D eigenvalue weighted by Crippen LogP contribution is 1.96. The van der Waals surface area contributed by atoms with Gasteiger partial charge < -0.3 is 9.47 Å². The molecule has 1 atom stereocenters. The molecule has 1 unspecified atom stereocenters. The lowest BCUT2D eigenvalue weighted by Gasteiger charge is -2.10. The second kappa shape index (κ2) is 6.06. The van der Waals surface area contributed by atoms with E-state index in [1.165, 1.54) is 20.3 Å². The zero-order valence-electron chi connectivity index (χ0n) is 7.57. The van der Waals surface area contributed by atoms with Gasteiger partial charge in [-0.2, -0.15) is 0 Å². The fourth-order valence-electron chi connectivity index (χ4n) is 0.521. The first-order chi connectivity index (χ1) is 6.11. The molecule has 0 aliphatic heterocycles. The summed E-state index contributed by atoms with van der Waals surface area (Å²) in [4.78, 5) is 21.6. The van der Waals surface area contributed by atoms with Crippen LogP contribution in [0.1, 0.15) is 13.8 Å². The van der Waals surface area contributed by atoms with Gasteiger partial charge in [0.1, 0.15) is 0 Å². The highest BCUT2D eigenvalue weighted by atomic mass is 16.6. The molecule has 0 rings (SSSR count). The Hall–Kier alpha value is -1.50. The Kier molecular flexibility index (Phi) is 5.37. The predicted octanol–water partition coefficient (Wildman–Crippen LogP) is 0.319. The molecule has 4 nitrogen and oxygen atoms in total. The van der Waals surface area contributed by atoms with E-state index in [4.69, 9.17) is 6.42 Å². The molecule has 0 aromatic heterocycles. The smallest absolute Gasteiger partial charge is 0.348 e. The molecular weight excluding hydrogens is 172 g/mol. The van der Waals surface area contributed by atoms with Gasteiger partial charge in [-0.1, -0.05) is 12.8 Å². The lowest BCUT2D eigenvalue weighted by atomic mass is 10.4. The Balaban J connectivity index is 3.83. The summed E-state index contributed by atoms with van der Waals surface area (Å²) < 4.78 is 9.15. The van der Waals surface area contributed by atoms with Crippen LogP contribution in [0, 0.1) is 18.8 Å². The van der Waals surface area contributed by atoms with Crippen LogP contribution in [0.3, 0.4) is 0 Å². The topological polar surface area (TPSA) is 52.6 Å². The van der Waals surface area contributed by atoms with E-state index in [9.17, 15) is 9.59 Å². The Labute approximate surface area is 77.2 Å². The summed E-state index contributed by atoms with van der Waals surface area (Å²) in [5.74, 6) is 0.920. The number of hydrogen-bond donors (Lipinski definition) is 0. The van der Waals surface area contributed by atoms with Crippen molar-refractivity contribution in [2.45, 2.75) is 20.0 Å². The minimum atomic E-state index is -0.919. The van der Waals surface area contributed by atoms with Crippen molar-refractivity contribution in [3.8, 4) is 12.3 Å². The molecule has 4 heteroatoms. The third kappa shape index (κ3) is 4.86. The maximum absolute atomic E-state index is 10.9. The molecule has 1 radical (unpaired) electrons. The summed E-state index contributed by atoms with van der Waals surface area (Å²) in [5, 5.41) is 0. The summed E-state index contributed by atoms with van der Waals surface area (Å²) in [7, 11) is 0. The first-order valence-electron chi connectivity index (χ1n) is 3.72. The van der Waals surface area contributed by atoms with Crippen molar-refractivity contribution in [3.63, 3.8) is 0 Å². The second-order valence-corrected chi connectivity index (χ2v) is 2.18. The van der Waals surface area contributed by atoms with Crippen molar-refractivity contribution in [3.05, 3.63) is 6.42 Å². The maximum Gasteiger partial charge on any atom is 0.348 e. The summed E-state index contributed by atoms with van der Waals surface area (Å²) in [6, 6.07) is 0. The number of rotatable bonds is 4. The van der Waals surface area contributed by atoms with Crippen molar-refractivity contribution >= 4 is 11.9 Å². The highest BCUT2D eigenvalue weighted by molar-refractivity contribution is 5.83. The van der Waals surface area contributed by atoms with Crippen molar-refractivity contribution in [2.75, 3.05) is 6.61 Å². The fourth-order valence-corrected chi connectivity index (χ4v) is 0.521. The summed E-state index contributed by atoms with van der Waals surface area (Å²) in [5.41, 5.74) is 0. The molecule has 0 spiro atoms. The van der Waals surface area contributed by atoms with Crippen LogP contribution >= 0.6 is 0 Å². The van der Waals surface area contributed by atoms with Crippen molar-refractivity contribution < 1.29 is 19.1 Å². The van der Waals surface area contributed by atoms with E-state index in [2.05, 4.69) is 15.4 Å². The molecule has 0 saturated carbocycles. The molecule has 0 N–H and O–H groups in total. The Bertz CT molecular complexity index is 226. The summed E-state index contributed by atoms with van der Waals surface area (Å²) in [6.07, 6.45) is 5.16. The number of esters is 2. The minimum absolute atomic E-state index is 0.115. The number of ether oxygens (including phenoxy) is 2. The lowest BCUT2D eigenvalue weighted by molar-refractivity contribution is -0.163. The van der Waals surface area contributed by atoms with Crippen molar-refractivity contribution in [1.82, 2.24) is 0 Å². The van der Waals surface area contributed by atoms with Crippen LogP contribution in [-0.4, -0.2) is 24.6 Å².